The van der Waals surface area contributed by atoms with Gasteiger partial charge in [0.1, 0.15) is 11.5 Å². The lowest BCUT2D eigenvalue weighted by Crippen LogP contribution is -2.07. The topological polar surface area (TPSA) is 38.7 Å². The molecule has 0 radical (unpaired) electrons. The fourth-order valence-corrected chi connectivity index (χ4v) is 1.85. The molecule has 0 aliphatic heterocycles. The second kappa shape index (κ2) is 3.58. The van der Waals surface area contributed by atoms with E-state index in [-0.39, 0.29) is 0 Å². The molecule has 1 aliphatic carbocycles. The van der Waals surface area contributed by atoms with Crippen LogP contribution in [0.2, 0.25) is 5.02 Å². The van der Waals surface area contributed by atoms with Gasteiger partial charge in [-0.05, 0) is 18.9 Å². The Hall–Kier alpha value is -0.930. The fourth-order valence-electron chi connectivity index (χ4n) is 1.61. The zero-order chi connectivity index (χ0) is 11.1. The van der Waals surface area contributed by atoms with Gasteiger partial charge in [-0.15, -0.1) is 0 Å². The van der Waals surface area contributed by atoms with Crippen molar-refractivity contribution in [3.8, 4) is 11.5 Å². The van der Waals surface area contributed by atoms with Gasteiger partial charge in [0.15, 0.2) is 0 Å². The highest BCUT2D eigenvalue weighted by Crippen LogP contribution is 2.50. The maximum absolute atomic E-state index is 10.0. The minimum Gasteiger partial charge on any atom is -0.496 e. The Labute approximate surface area is 93.6 Å². The number of methoxy groups -OCH3 is 2. The molecule has 0 spiro atoms. The van der Waals surface area contributed by atoms with Crippen molar-refractivity contribution in [2.24, 2.45) is 0 Å². The van der Waals surface area contributed by atoms with E-state index in [0.717, 1.165) is 18.4 Å². The van der Waals surface area contributed by atoms with Crippen molar-refractivity contribution < 1.29 is 14.6 Å². The molecule has 3 nitrogen and oxygen atoms in total. The number of benzene rings is 1. The molecular weight excluding hydrogens is 216 g/mol. The highest BCUT2D eigenvalue weighted by atomic mass is 35.5. The van der Waals surface area contributed by atoms with Crippen LogP contribution in [-0.4, -0.2) is 19.3 Å². The standard InChI is InChI=1S/C11H13ClO3/c1-14-9-6-10(15-2)8(12)5-7(9)11(13)3-4-11/h5-6,13H,3-4H2,1-2H3. The number of rotatable bonds is 3. The van der Waals surface area contributed by atoms with E-state index in [9.17, 15) is 5.11 Å². The van der Waals surface area contributed by atoms with Crippen molar-refractivity contribution in [1.82, 2.24) is 0 Å². The molecular formula is C11H13ClO3. The van der Waals surface area contributed by atoms with Gasteiger partial charge in [0.05, 0.1) is 24.8 Å². The van der Waals surface area contributed by atoms with Gasteiger partial charge in [0.25, 0.3) is 0 Å². The first-order chi connectivity index (χ1) is 7.10. The molecule has 15 heavy (non-hydrogen) atoms. The molecule has 0 atom stereocenters. The minimum atomic E-state index is -0.749. The molecule has 0 aromatic heterocycles. The Morgan fingerprint density at radius 2 is 1.80 bits per heavy atom. The van der Waals surface area contributed by atoms with Crippen molar-refractivity contribution in [2.75, 3.05) is 14.2 Å². The van der Waals surface area contributed by atoms with Gasteiger partial charge in [-0.2, -0.15) is 0 Å². The Morgan fingerprint density at radius 1 is 1.20 bits per heavy atom. The summed E-state index contributed by atoms with van der Waals surface area (Å²) in [5.74, 6) is 1.18. The summed E-state index contributed by atoms with van der Waals surface area (Å²) in [4.78, 5) is 0. The molecule has 1 aromatic carbocycles. The normalized spacial score (nSPS) is 17.3. The monoisotopic (exact) mass is 228 g/mol. The molecule has 0 amide bonds. The van der Waals surface area contributed by atoms with Gasteiger partial charge in [-0.1, -0.05) is 11.6 Å². The molecule has 0 unspecified atom stereocenters. The first-order valence-corrected chi connectivity index (χ1v) is 5.13. The summed E-state index contributed by atoms with van der Waals surface area (Å²) in [7, 11) is 3.12. The maximum Gasteiger partial charge on any atom is 0.141 e. The van der Waals surface area contributed by atoms with Crippen LogP contribution in [0.5, 0.6) is 11.5 Å². The lowest BCUT2D eigenvalue weighted by Gasteiger charge is -2.15. The van der Waals surface area contributed by atoms with Gasteiger partial charge in [0.2, 0.25) is 0 Å². The lowest BCUT2D eigenvalue weighted by atomic mass is 10.1. The van der Waals surface area contributed by atoms with Crippen molar-refractivity contribution in [1.29, 1.82) is 0 Å². The van der Waals surface area contributed by atoms with E-state index in [2.05, 4.69) is 0 Å². The van der Waals surface area contributed by atoms with Crippen LogP contribution >= 0.6 is 11.6 Å². The van der Waals surface area contributed by atoms with Crippen molar-refractivity contribution in [3.63, 3.8) is 0 Å². The SMILES string of the molecule is COc1cc(OC)c(C2(O)CC2)cc1Cl. The van der Waals surface area contributed by atoms with Crippen LogP contribution in [0, 0.1) is 0 Å². The fraction of sp³-hybridized carbons (Fsp3) is 0.455. The Bertz CT molecular complexity index is 386. The number of hydrogen-bond donors (Lipinski definition) is 1. The summed E-state index contributed by atoms with van der Waals surface area (Å²) in [5.41, 5.74) is -0.00264. The second-order valence-corrected chi connectivity index (χ2v) is 4.13. The van der Waals surface area contributed by atoms with Gasteiger partial charge in [-0.25, -0.2) is 0 Å². The molecule has 1 aromatic rings. The predicted octanol–water partition coefficient (Wildman–Crippen LogP) is 2.34. The number of aliphatic hydroxyl groups is 1. The van der Waals surface area contributed by atoms with Crippen molar-refractivity contribution in [3.05, 3.63) is 22.7 Å². The van der Waals surface area contributed by atoms with Gasteiger partial charge in [0, 0.05) is 11.6 Å². The van der Waals surface area contributed by atoms with Crippen LogP contribution in [0.3, 0.4) is 0 Å². The largest absolute Gasteiger partial charge is 0.496 e. The van der Waals surface area contributed by atoms with E-state index in [1.807, 2.05) is 0 Å². The third-order valence-electron chi connectivity index (χ3n) is 2.70. The minimum absolute atomic E-state index is 0.494. The summed E-state index contributed by atoms with van der Waals surface area (Å²) < 4.78 is 10.3. The first-order valence-electron chi connectivity index (χ1n) is 4.75. The predicted molar refractivity (Wildman–Crippen MR) is 57.7 cm³/mol. The van der Waals surface area contributed by atoms with Gasteiger partial charge >= 0.3 is 0 Å². The lowest BCUT2D eigenvalue weighted by molar-refractivity contribution is 0.147. The van der Waals surface area contributed by atoms with E-state index in [1.54, 1.807) is 26.4 Å². The maximum atomic E-state index is 10.0. The van der Waals surface area contributed by atoms with E-state index in [0.29, 0.717) is 16.5 Å². The molecule has 1 aliphatic rings. The molecule has 82 valence electrons. The van der Waals surface area contributed by atoms with E-state index >= 15 is 0 Å². The molecule has 0 saturated heterocycles. The van der Waals surface area contributed by atoms with E-state index < -0.39 is 5.60 Å². The summed E-state index contributed by atoms with van der Waals surface area (Å²) in [6.45, 7) is 0. The van der Waals surface area contributed by atoms with Crippen LogP contribution in [0.4, 0.5) is 0 Å². The summed E-state index contributed by atoms with van der Waals surface area (Å²) in [6.07, 6.45) is 1.51. The molecule has 2 rings (SSSR count). The molecule has 1 fully saturated rings. The Morgan fingerprint density at radius 3 is 2.27 bits per heavy atom. The van der Waals surface area contributed by atoms with Crippen molar-refractivity contribution >= 4 is 11.6 Å². The molecule has 1 N–H and O–H groups in total. The third kappa shape index (κ3) is 1.77. The van der Waals surface area contributed by atoms with Crippen molar-refractivity contribution in [2.45, 2.75) is 18.4 Å². The van der Waals surface area contributed by atoms with Crippen LogP contribution in [-0.2, 0) is 5.60 Å². The van der Waals surface area contributed by atoms with Crippen LogP contribution in [0.15, 0.2) is 12.1 Å². The molecule has 1 saturated carbocycles. The molecule has 0 bridgehead atoms. The van der Waals surface area contributed by atoms with E-state index in [1.165, 1.54) is 0 Å². The Kier molecular flexibility index (Phi) is 2.52. The average Bonchev–Trinajstić information content (AvgIpc) is 2.97. The zero-order valence-electron chi connectivity index (χ0n) is 8.71. The van der Waals surface area contributed by atoms with Crippen LogP contribution in [0.1, 0.15) is 18.4 Å². The summed E-state index contributed by atoms with van der Waals surface area (Å²) in [6, 6.07) is 3.42. The highest BCUT2D eigenvalue weighted by Gasteiger charge is 2.44. The smallest absolute Gasteiger partial charge is 0.141 e. The molecule has 4 heteroatoms. The second-order valence-electron chi connectivity index (χ2n) is 3.72. The third-order valence-corrected chi connectivity index (χ3v) is 2.99. The Balaban J connectivity index is 2.50. The summed E-state index contributed by atoms with van der Waals surface area (Å²) in [5, 5.41) is 10.5. The average molecular weight is 229 g/mol. The molecule has 0 heterocycles. The van der Waals surface area contributed by atoms with Crippen LogP contribution < -0.4 is 9.47 Å². The summed E-state index contributed by atoms with van der Waals surface area (Å²) >= 11 is 6.00. The van der Waals surface area contributed by atoms with Gasteiger partial charge < -0.3 is 14.6 Å². The number of halogens is 1. The zero-order valence-corrected chi connectivity index (χ0v) is 9.47. The number of hydrogen-bond acceptors (Lipinski definition) is 3. The first kappa shape index (κ1) is 10.6. The highest BCUT2D eigenvalue weighted by molar-refractivity contribution is 6.32. The number of ether oxygens (including phenoxy) is 2. The van der Waals surface area contributed by atoms with Crippen LogP contribution in [0.25, 0.3) is 0 Å². The quantitative estimate of drug-likeness (QED) is 0.863. The van der Waals surface area contributed by atoms with E-state index in [4.69, 9.17) is 21.1 Å². The van der Waals surface area contributed by atoms with Gasteiger partial charge in [-0.3, -0.25) is 0 Å².